The molecule has 0 heterocycles. The lowest BCUT2D eigenvalue weighted by Gasteiger charge is -2.08. The zero-order chi connectivity index (χ0) is 9.14. The van der Waals surface area contributed by atoms with Gasteiger partial charge >= 0.3 is 0 Å². The van der Waals surface area contributed by atoms with Gasteiger partial charge in [0, 0.05) is 10.9 Å². The van der Waals surface area contributed by atoms with Gasteiger partial charge in [-0.15, -0.1) is 0 Å². The molecule has 0 spiro atoms. The maximum absolute atomic E-state index is 11.2. The minimum absolute atomic E-state index is 0.00651. The van der Waals surface area contributed by atoms with E-state index in [0.29, 0.717) is 0 Å². The van der Waals surface area contributed by atoms with Crippen molar-refractivity contribution in [2.75, 3.05) is 11.5 Å². The normalized spacial score (nSPS) is 18.2. The lowest BCUT2D eigenvalue weighted by Crippen LogP contribution is -2.35. The van der Waals surface area contributed by atoms with Gasteiger partial charge in [-0.05, 0) is 26.0 Å². The van der Waals surface area contributed by atoms with Crippen LogP contribution in [-0.4, -0.2) is 28.3 Å². The Hall–Kier alpha value is -0.570. The van der Waals surface area contributed by atoms with Crippen molar-refractivity contribution in [3.63, 3.8) is 0 Å². The molecule has 0 aliphatic heterocycles. The van der Waals surface area contributed by atoms with Crippen LogP contribution < -0.4 is 0 Å². The van der Waals surface area contributed by atoms with Gasteiger partial charge in [-0.2, -0.15) is 0 Å². The van der Waals surface area contributed by atoms with Crippen LogP contribution in [0.5, 0.6) is 0 Å². The van der Waals surface area contributed by atoms with Gasteiger partial charge in [0.1, 0.15) is 11.5 Å². The number of hydrogen-bond acceptors (Lipinski definition) is 2. The molecule has 0 atom stereocenters. The SMILES string of the molecule is CC[S+](CC)C1C(=O)C=CC1=O. The fourth-order valence-corrected chi connectivity index (χ4v) is 3.23. The molecule has 0 aromatic heterocycles. The third-order valence-electron chi connectivity index (χ3n) is 2.00. The predicted octanol–water partition coefficient (Wildman–Crippen LogP) is 0.721. The van der Waals surface area contributed by atoms with E-state index in [1.165, 1.54) is 12.2 Å². The maximum atomic E-state index is 11.2. The van der Waals surface area contributed by atoms with Gasteiger partial charge in [-0.1, -0.05) is 0 Å². The molecule has 0 fully saturated rings. The molecule has 0 unspecified atom stereocenters. The van der Waals surface area contributed by atoms with Crippen molar-refractivity contribution in [2.24, 2.45) is 0 Å². The van der Waals surface area contributed by atoms with Gasteiger partial charge in [0.25, 0.3) is 0 Å². The Kier molecular flexibility index (Phi) is 3.09. The van der Waals surface area contributed by atoms with Crippen molar-refractivity contribution < 1.29 is 9.59 Å². The summed E-state index contributed by atoms with van der Waals surface area (Å²) in [6, 6.07) is 0. The summed E-state index contributed by atoms with van der Waals surface area (Å²) in [6.45, 7) is 4.07. The van der Waals surface area contributed by atoms with E-state index in [2.05, 4.69) is 0 Å². The van der Waals surface area contributed by atoms with E-state index >= 15 is 0 Å². The molecule has 0 saturated carbocycles. The molecule has 1 aliphatic rings. The average Bonchev–Trinajstić information content (AvgIpc) is 2.38. The molecule has 0 amide bonds. The van der Waals surface area contributed by atoms with Gasteiger partial charge in [0.2, 0.25) is 16.8 Å². The minimum Gasteiger partial charge on any atom is -0.289 e. The summed E-state index contributed by atoms with van der Waals surface area (Å²) >= 11 is 0. The molecule has 12 heavy (non-hydrogen) atoms. The highest BCUT2D eigenvalue weighted by Crippen LogP contribution is 2.15. The lowest BCUT2D eigenvalue weighted by atomic mass is 10.3. The highest BCUT2D eigenvalue weighted by Gasteiger charge is 2.41. The van der Waals surface area contributed by atoms with Crippen LogP contribution in [0.1, 0.15) is 13.8 Å². The van der Waals surface area contributed by atoms with Crippen molar-refractivity contribution in [1.82, 2.24) is 0 Å². The predicted molar refractivity (Wildman–Crippen MR) is 51.4 cm³/mol. The number of carbonyl (C=O) groups is 2. The first-order chi connectivity index (χ1) is 5.70. The molecule has 3 heteroatoms. The Morgan fingerprint density at radius 3 is 1.92 bits per heavy atom. The van der Waals surface area contributed by atoms with E-state index in [1.54, 1.807) is 0 Å². The standard InChI is InChI=1S/C9H13O2S/c1-3-12(4-2)9-7(10)5-6-8(9)11/h5-6,9H,3-4H2,1-2H3/q+1. The average molecular weight is 185 g/mol. The van der Waals surface area contributed by atoms with Crippen LogP contribution in [0.15, 0.2) is 12.2 Å². The largest absolute Gasteiger partial charge is 0.289 e. The van der Waals surface area contributed by atoms with E-state index in [1.807, 2.05) is 13.8 Å². The Bertz CT molecular complexity index is 211. The van der Waals surface area contributed by atoms with Gasteiger partial charge in [-0.3, -0.25) is 9.59 Å². The van der Waals surface area contributed by atoms with Crippen LogP contribution in [0.25, 0.3) is 0 Å². The highest BCUT2D eigenvalue weighted by molar-refractivity contribution is 7.98. The Balaban J connectivity index is 2.74. The van der Waals surface area contributed by atoms with Crippen LogP contribution >= 0.6 is 0 Å². The van der Waals surface area contributed by atoms with Gasteiger partial charge < -0.3 is 0 Å². The molecular weight excluding hydrogens is 172 g/mol. The molecule has 0 aromatic carbocycles. The van der Waals surface area contributed by atoms with Crippen molar-refractivity contribution >= 4 is 22.5 Å². The first kappa shape index (κ1) is 9.52. The Morgan fingerprint density at radius 2 is 1.58 bits per heavy atom. The molecule has 2 nitrogen and oxygen atoms in total. The van der Waals surface area contributed by atoms with E-state index in [-0.39, 0.29) is 27.7 Å². The van der Waals surface area contributed by atoms with Crippen molar-refractivity contribution in [3.05, 3.63) is 12.2 Å². The third kappa shape index (κ3) is 1.61. The number of ketones is 2. The fourth-order valence-electron chi connectivity index (χ4n) is 1.35. The first-order valence-electron chi connectivity index (χ1n) is 4.12. The minimum atomic E-state index is -0.333. The second-order valence-corrected chi connectivity index (χ2v) is 5.33. The van der Waals surface area contributed by atoms with Crippen molar-refractivity contribution in [2.45, 2.75) is 19.1 Å². The third-order valence-corrected chi connectivity index (χ3v) is 4.62. The molecule has 0 bridgehead atoms. The van der Waals surface area contributed by atoms with E-state index in [4.69, 9.17) is 0 Å². The molecule has 0 N–H and O–H groups in total. The first-order valence-corrected chi connectivity index (χ1v) is 5.75. The molecule has 1 aliphatic carbocycles. The second kappa shape index (κ2) is 3.90. The smallest absolute Gasteiger partial charge is 0.241 e. The number of allylic oxidation sites excluding steroid dienone is 2. The summed E-state index contributed by atoms with van der Waals surface area (Å²) in [4.78, 5) is 22.5. The van der Waals surface area contributed by atoms with E-state index in [9.17, 15) is 9.59 Å². The number of rotatable bonds is 3. The van der Waals surface area contributed by atoms with Crippen LogP contribution in [0.4, 0.5) is 0 Å². The van der Waals surface area contributed by atoms with Gasteiger partial charge in [0.05, 0.1) is 0 Å². The van der Waals surface area contributed by atoms with Crippen LogP contribution in [0, 0.1) is 0 Å². The zero-order valence-corrected chi connectivity index (χ0v) is 8.19. The highest BCUT2D eigenvalue weighted by atomic mass is 32.2. The summed E-state index contributed by atoms with van der Waals surface area (Å²) in [5, 5.41) is -0.333. The summed E-state index contributed by atoms with van der Waals surface area (Å²) in [6.07, 6.45) is 2.83. The monoisotopic (exact) mass is 185 g/mol. The van der Waals surface area contributed by atoms with Gasteiger partial charge in [0.15, 0.2) is 0 Å². The Morgan fingerprint density at radius 1 is 1.17 bits per heavy atom. The van der Waals surface area contributed by atoms with Crippen LogP contribution in [0.2, 0.25) is 0 Å². The summed E-state index contributed by atoms with van der Waals surface area (Å²) in [5.41, 5.74) is 0. The molecule has 66 valence electrons. The van der Waals surface area contributed by atoms with Crippen LogP contribution in [0.3, 0.4) is 0 Å². The van der Waals surface area contributed by atoms with Crippen LogP contribution in [-0.2, 0) is 20.5 Å². The summed E-state index contributed by atoms with van der Waals surface area (Å²) < 4.78 is 0. The van der Waals surface area contributed by atoms with E-state index < -0.39 is 0 Å². The summed E-state index contributed by atoms with van der Waals surface area (Å²) in [7, 11) is -0.0355. The summed E-state index contributed by atoms with van der Waals surface area (Å²) in [5.74, 6) is 1.87. The van der Waals surface area contributed by atoms with E-state index in [0.717, 1.165) is 11.5 Å². The molecule has 0 saturated heterocycles. The topological polar surface area (TPSA) is 34.1 Å². The molecular formula is C9H13O2S+. The van der Waals surface area contributed by atoms with Crippen molar-refractivity contribution in [3.8, 4) is 0 Å². The molecule has 0 aromatic rings. The molecule has 0 radical (unpaired) electrons. The lowest BCUT2D eigenvalue weighted by molar-refractivity contribution is -0.119. The second-order valence-electron chi connectivity index (χ2n) is 2.63. The quantitative estimate of drug-likeness (QED) is 0.479. The maximum Gasteiger partial charge on any atom is 0.241 e. The number of hydrogen-bond donors (Lipinski definition) is 0. The zero-order valence-electron chi connectivity index (χ0n) is 7.37. The molecule has 1 rings (SSSR count). The fraction of sp³-hybridized carbons (Fsp3) is 0.556. The van der Waals surface area contributed by atoms with Gasteiger partial charge in [-0.25, -0.2) is 0 Å². The van der Waals surface area contributed by atoms with Crippen molar-refractivity contribution in [1.29, 1.82) is 0 Å². The number of carbonyl (C=O) groups excluding carboxylic acids is 2. The Labute approximate surface area is 75.4 Å².